The highest BCUT2D eigenvalue weighted by atomic mass is 16.4. The van der Waals surface area contributed by atoms with E-state index < -0.39 is 5.97 Å². The Morgan fingerprint density at radius 3 is 2.35 bits per heavy atom. The van der Waals surface area contributed by atoms with Gasteiger partial charge >= 0.3 is 5.97 Å². The molecule has 1 aromatic rings. The third-order valence-electron chi connectivity index (χ3n) is 3.10. The van der Waals surface area contributed by atoms with Crippen LogP contribution in [0.5, 0.6) is 0 Å². The van der Waals surface area contributed by atoms with Crippen LogP contribution in [0.2, 0.25) is 0 Å². The summed E-state index contributed by atoms with van der Waals surface area (Å²) in [5, 5.41) is 8.91. The molecular weight excluding hydrogens is 256 g/mol. The second-order valence-electron chi connectivity index (χ2n) is 5.12. The first-order valence-electron chi connectivity index (χ1n) is 6.59. The van der Waals surface area contributed by atoms with Crippen molar-refractivity contribution in [3.05, 3.63) is 35.4 Å². The van der Waals surface area contributed by atoms with Crippen molar-refractivity contribution >= 4 is 11.9 Å². The molecule has 0 atom stereocenters. The number of rotatable bonds is 7. The van der Waals surface area contributed by atoms with Crippen LogP contribution in [0, 0.1) is 6.92 Å². The van der Waals surface area contributed by atoms with Gasteiger partial charge in [0.2, 0.25) is 5.91 Å². The van der Waals surface area contributed by atoms with E-state index in [1.54, 1.807) is 0 Å². The highest BCUT2D eigenvalue weighted by Gasteiger charge is 2.17. The van der Waals surface area contributed by atoms with Gasteiger partial charge in [-0.2, -0.15) is 0 Å². The van der Waals surface area contributed by atoms with Crippen molar-refractivity contribution in [2.45, 2.75) is 13.3 Å². The first-order valence-corrected chi connectivity index (χ1v) is 6.59. The molecular formula is C15H22N2O3. The predicted molar refractivity (Wildman–Crippen MR) is 77.7 cm³/mol. The van der Waals surface area contributed by atoms with Gasteiger partial charge < -0.3 is 14.9 Å². The Morgan fingerprint density at radius 2 is 1.80 bits per heavy atom. The Hall–Kier alpha value is -1.88. The molecule has 0 aromatic heterocycles. The highest BCUT2D eigenvalue weighted by Crippen LogP contribution is 2.09. The quantitative estimate of drug-likeness (QED) is 0.808. The topological polar surface area (TPSA) is 60.9 Å². The summed E-state index contributed by atoms with van der Waals surface area (Å²) in [6, 6.07) is 7.66. The van der Waals surface area contributed by atoms with Crippen molar-refractivity contribution < 1.29 is 14.7 Å². The fourth-order valence-corrected chi connectivity index (χ4v) is 1.86. The zero-order chi connectivity index (χ0) is 15.1. The Balaban J connectivity index is 2.72. The molecule has 0 unspecified atom stereocenters. The van der Waals surface area contributed by atoms with Crippen molar-refractivity contribution in [1.29, 1.82) is 0 Å². The molecule has 0 saturated carbocycles. The molecule has 0 spiro atoms. The second kappa shape index (κ2) is 7.65. The molecule has 1 amide bonds. The summed E-state index contributed by atoms with van der Waals surface area (Å²) < 4.78 is 0. The number of likely N-dealkylation sites (N-methyl/N-ethyl adjacent to an activating group) is 1. The van der Waals surface area contributed by atoms with Gasteiger partial charge in [0.05, 0.1) is 6.42 Å². The Morgan fingerprint density at radius 1 is 1.15 bits per heavy atom. The van der Waals surface area contributed by atoms with Gasteiger partial charge in [0.15, 0.2) is 0 Å². The third kappa shape index (κ3) is 5.40. The van der Waals surface area contributed by atoms with E-state index in [4.69, 9.17) is 5.11 Å². The van der Waals surface area contributed by atoms with Crippen LogP contribution in [0.25, 0.3) is 0 Å². The number of amides is 1. The summed E-state index contributed by atoms with van der Waals surface area (Å²) in [7, 11) is 3.79. The molecule has 0 aliphatic heterocycles. The van der Waals surface area contributed by atoms with Gasteiger partial charge in [-0.25, -0.2) is 0 Å². The van der Waals surface area contributed by atoms with E-state index in [0.29, 0.717) is 13.1 Å². The van der Waals surface area contributed by atoms with E-state index in [1.165, 1.54) is 4.90 Å². The molecule has 0 radical (unpaired) electrons. The maximum absolute atomic E-state index is 12.3. The standard InChI is InChI=1S/C15H22N2O3/c1-12-6-4-5-7-13(12)10-14(18)17(11-15(19)20)9-8-16(2)3/h4-7H,8-11H2,1-3H3,(H,19,20). The summed E-state index contributed by atoms with van der Waals surface area (Å²) in [6.07, 6.45) is 0.243. The van der Waals surface area contributed by atoms with Gasteiger partial charge in [-0.15, -0.1) is 0 Å². The fraction of sp³-hybridized carbons (Fsp3) is 0.467. The third-order valence-corrected chi connectivity index (χ3v) is 3.10. The number of nitrogens with zero attached hydrogens (tertiary/aromatic N) is 2. The second-order valence-corrected chi connectivity index (χ2v) is 5.12. The van der Waals surface area contributed by atoms with Crippen LogP contribution in [0.4, 0.5) is 0 Å². The number of aryl methyl sites for hydroxylation is 1. The predicted octanol–water partition coefficient (Wildman–Crippen LogP) is 1.01. The van der Waals surface area contributed by atoms with Crippen molar-refractivity contribution in [2.24, 2.45) is 0 Å². The zero-order valence-corrected chi connectivity index (χ0v) is 12.3. The molecule has 110 valence electrons. The smallest absolute Gasteiger partial charge is 0.323 e. The highest BCUT2D eigenvalue weighted by molar-refractivity contribution is 5.83. The van der Waals surface area contributed by atoms with Crippen LogP contribution in [-0.4, -0.2) is 60.5 Å². The summed E-state index contributed by atoms with van der Waals surface area (Å²) in [6.45, 7) is 2.76. The van der Waals surface area contributed by atoms with Crippen LogP contribution in [0.1, 0.15) is 11.1 Å². The molecule has 5 heteroatoms. The maximum Gasteiger partial charge on any atom is 0.323 e. The van der Waals surface area contributed by atoms with Gasteiger partial charge in [0.1, 0.15) is 6.54 Å². The SMILES string of the molecule is Cc1ccccc1CC(=O)N(CCN(C)C)CC(=O)O. The molecule has 0 aliphatic rings. The van der Waals surface area contributed by atoms with E-state index in [0.717, 1.165) is 11.1 Å². The zero-order valence-electron chi connectivity index (χ0n) is 12.3. The van der Waals surface area contributed by atoms with Crippen LogP contribution in [0.15, 0.2) is 24.3 Å². The first-order chi connectivity index (χ1) is 9.40. The molecule has 0 heterocycles. The lowest BCUT2D eigenvalue weighted by Gasteiger charge is -2.23. The molecule has 0 saturated heterocycles. The molecule has 0 aliphatic carbocycles. The average Bonchev–Trinajstić information content (AvgIpc) is 2.36. The Kier molecular flexibility index (Phi) is 6.18. The maximum atomic E-state index is 12.3. The van der Waals surface area contributed by atoms with Crippen molar-refractivity contribution in [3.63, 3.8) is 0 Å². The van der Waals surface area contributed by atoms with Crippen LogP contribution < -0.4 is 0 Å². The number of hydrogen-bond donors (Lipinski definition) is 1. The first kappa shape index (κ1) is 16.2. The van der Waals surface area contributed by atoms with Gasteiger partial charge in [-0.1, -0.05) is 24.3 Å². The Labute approximate surface area is 119 Å². The fourth-order valence-electron chi connectivity index (χ4n) is 1.86. The van der Waals surface area contributed by atoms with Crippen molar-refractivity contribution in [3.8, 4) is 0 Å². The number of carboxylic acid groups (broad SMARTS) is 1. The van der Waals surface area contributed by atoms with Gasteiger partial charge in [0.25, 0.3) is 0 Å². The molecule has 0 fully saturated rings. The van der Waals surface area contributed by atoms with E-state index >= 15 is 0 Å². The normalized spacial score (nSPS) is 10.6. The number of carbonyl (C=O) groups is 2. The molecule has 1 rings (SSSR count). The Bertz CT molecular complexity index is 472. The number of carbonyl (C=O) groups excluding carboxylic acids is 1. The van der Waals surface area contributed by atoms with Crippen LogP contribution >= 0.6 is 0 Å². The molecule has 0 bridgehead atoms. The van der Waals surface area contributed by atoms with Gasteiger partial charge in [-0.3, -0.25) is 9.59 Å². The largest absolute Gasteiger partial charge is 0.480 e. The number of carboxylic acids is 1. The lowest BCUT2D eigenvalue weighted by Crippen LogP contribution is -2.40. The lowest BCUT2D eigenvalue weighted by atomic mass is 10.1. The minimum atomic E-state index is -0.984. The monoisotopic (exact) mass is 278 g/mol. The average molecular weight is 278 g/mol. The van der Waals surface area contributed by atoms with E-state index in [2.05, 4.69) is 0 Å². The van der Waals surface area contributed by atoms with E-state index in [9.17, 15) is 9.59 Å². The summed E-state index contributed by atoms with van der Waals surface area (Å²) >= 11 is 0. The van der Waals surface area contributed by atoms with Crippen LogP contribution in [0.3, 0.4) is 0 Å². The van der Waals surface area contributed by atoms with Crippen molar-refractivity contribution in [1.82, 2.24) is 9.80 Å². The van der Waals surface area contributed by atoms with E-state index in [1.807, 2.05) is 50.2 Å². The van der Waals surface area contributed by atoms with Crippen molar-refractivity contribution in [2.75, 3.05) is 33.7 Å². The van der Waals surface area contributed by atoms with Crippen LogP contribution in [-0.2, 0) is 16.0 Å². The lowest BCUT2D eigenvalue weighted by molar-refractivity contribution is -0.144. The summed E-state index contributed by atoms with van der Waals surface area (Å²) in [5.41, 5.74) is 1.99. The molecule has 5 nitrogen and oxygen atoms in total. The van der Waals surface area contributed by atoms with E-state index in [-0.39, 0.29) is 18.9 Å². The minimum Gasteiger partial charge on any atom is -0.480 e. The number of benzene rings is 1. The van der Waals surface area contributed by atoms with Gasteiger partial charge in [-0.05, 0) is 32.1 Å². The molecule has 1 N–H and O–H groups in total. The van der Waals surface area contributed by atoms with Gasteiger partial charge in [0, 0.05) is 13.1 Å². The molecule has 1 aromatic carbocycles. The summed E-state index contributed by atoms with van der Waals surface area (Å²) in [5.74, 6) is -1.13. The summed E-state index contributed by atoms with van der Waals surface area (Å²) in [4.78, 5) is 26.5. The minimum absolute atomic E-state index is 0.149. The number of aliphatic carboxylic acids is 1. The molecule has 20 heavy (non-hydrogen) atoms. The number of hydrogen-bond acceptors (Lipinski definition) is 3.